The first-order valence-corrected chi connectivity index (χ1v) is 4.93. The fourth-order valence-corrected chi connectivity index (χ4v) is 1.59. The van der Waals surface area contributed by atoms with Crippen molar-refractivity contribution in [3.63, 3.8) is 0 Å². The van der Waals surface area contributed by atoms with Crippen LogP contribution >= 0.6 is 0 Å². The van der Waals surface area contributed by atoms with E-state index in [1.165, 1.54) is 18.4 Å². The van der Waals surface area contributed by atoms with Crippen molar-refractivity contribution in [2.45, 2.75) is 39.5 Å². The Kier molecular flexibility index (Phi) is 3.86. The molecule has 12 heavy (non-hydrogen) atoms. The summed E-state index contributed by atoms with van der Waals surface area (Å²) < 4.78 is 0. The normalized spacial score (nSPS) is 16.8. The molecule has 0 heteroatoms. The Morgan fingerprint density at radius 3 is 2.75 bits per heavy atom. The van der Waals surface area contributed by atoms with Crippen LogP contribution in [-0.4, -0.2) is 0 Å². The Hall–Kier alpha value is -0.780. The van der Waals surface area contributed by atoms with Crippen molar-refractivity contribution in [1.82, 2.24) is 0 Å². The zero-order valence-electron chi connectivity index (χ0n) is 8.14. The lowest BCUT2D eigenvalue weighted by Crippen LogP contribution is -1.87. The third-order valence-electron chi connectivity index (χ3n) is 2.25. The highest BCUT2D eigenvalue weighted by atomic mass is 14.1. The van der Waals surface area contributed by atoms with Gasteiger partial charge < -0.3 is 0 Å². The minimum absolute atomic E-state index is 1.11. The summed E-state index contributed by atoms with van der Waals surface area (Å²) in [5.74, 6) is 0. The molecule has 1 rings (SSSR count). The Morgan fingerprint density at radius 2 is 2.08 bits per heavy atom. The van der Waals surface area contributed by atoms with E-state index >= 15 is 0 Å². The maximum atomic E-state index is 2.36. The summed E-state index contributed by atoms with van der Waals surface area (Å²) in [6.45, 7) is 4.47. The van der Waals surface area contributed by atoms with Crippen LogP contribution in [0.2, 0.25) is 0 Å². The Morgan fingerprint density at radius 1 is 1.25 bits per heavy atom. The maximum absolute atomic E-state index is 2.36. The Labute approximate surface area is 75.7 Å². The standard InChI is InChI=1S/C12H18/c1-3-8-12-10-7-5-6-9-11(12)4-2/h5-6,9-10H,3-4,7-8H2,1-2H3. The van der Waals surface area contributed by atoms with Gasteiger partial charge in [-0.2, -0.15) is 0 Å². The Bertz CT molecular complexity index is 216. The first-order valence-electron chi connectivity index (χ1n) is 4.93. The third-order valence-corrected chi connectivity index (χ3v) is 2.25. The molecule has 0 aromatic heterocycles. The van der Waals surface area contributed by atoms with E-state index in [4.69, 9.17) is 0 Å². The van der Waals surface area contributed by atoms with Gasteiger partial charge in [-0.3, -0.25) is 0 Å². The molecule has 0 bridgehead atoms. The lowest BCUT2D eigenvalue weighted by molar-refractivity contribution is 0.890. The minimum Gasteiger partial charge on any atom is -0.0807 e. The van der Waals surface area contributed by atoms with Gasteiger partial charge in [0.1, 0.15) is 0 Å². The molecule has 0 saturated carbocycles. The third kappa shape index (κ3) is 2.37. The molecule has 0 radical (unpaired) electrons. The Balaban J connectivity index is 2.74. The van der Waals surface area contributed by atoms with Crippen LogP contribution < -0.4 is 0 Å². The number of allylic oxidation sites excluding steroid dienone is 6. The fraction of sp³-hybridized carbons (Fsp3) is 0.500. The summed E-state index contributed by atoms with van der Waals surface area (Å²) in [4.78, 5) is 0. The zero-order chi connectivity index (χ0) is 8.81. The van der Waals surface area contributed by atoms with E-state index in [1.54, 1.807) is 5.57 Å². The molecule has 0 atom stereocenters. The summed E-state index contributed by atoms with van der Waals surface area (Å²) in [7, 11) is 0. The molecule has 0 nitrogen and oxygen atoms in total. The van der Waals surface area contributed by atoms with Crippen LogP contribution in [0.15, 0.2) is 35.5 Å². The van der Waals surface area contributed by atoms with E-state index in [9.17, 15) is 0 Å². The topological polar surface area (TPSA) is 0 Å². The molecule has 0 spiro atoms. The summed E-state index contributed by atoms with van der Waals surface area (Å²) in [5.41, 5.74) is 3.08. The van der Waals surface area contributed by atoms with Gasteiger partial charge in [0.05, 0.1) is 0 Å². The van der Waals surface area contributed by atoms with E-state index in [1.807, 2.05) is 0 Å². The fourth-order valence-electron chi connectivity index (χ4n) is 1.59. The molecule has 0 N–H and O–H groups in total. The highest BCUT2D eigenvalue weighted by Gasteiger charge is 2.01. The van der Waals surface area contributed by atoms with Gasteiger partial charge in [0.15, 0.2) is 0 Å². The number of hydrogen-bond donors (Lipinski definition) is 0. The van der Waals surface area contributed by atoms with Crippen molar-refractivity contribution >= 4 is 0 Å². The van der Waals surface area contributed by atoms with Gasteiger partial charge in [-0.25, -0.2) is 0 Å². The van der Waals surface area contributed by atoms with Gasteiger partial charge in [0.2, 0.25) is 0 Å². The van der Waals surface area contributed by atoms with Crippen LogP contribution in [0, 0.1) is 0 Å². The van der Waals surface area contributed by atoms with Crippen molar-refractivity contribution in [3.8, 4) is 0 Å². The second-order valence-electron chi connectivity index (χ2n) is 3.19. The molecule has 0 heterocycles. The molecule has 0 amide bonds. The summed E-state index contributed by atoms with van der Waals surface area (Å²) in [5, 5.41) is 0. The van der Waals surface area contributed by atoms with Crippen molar-refractivity contribution < 1.29 is 0 Å². The van der Waals surface area contributed by atoms with Crippen LogP contribution in [-0.2, 0) is 0 Å². The van der Waals surface area contributed by atoms with E-state index in [0.717, 1.165) is 12.8 Å². The molecule has 0 aromatic carbocycles. The highest BCUT2D eigenvalue weighted by molar-refractivity contribution is 5.36. The average Bonchev–Trinajstić information content (AvgIpc) is 2.30. The van der Waals surface area contributed by atoms with Gasteiger partial charge >= 0.3 is 0 Å². The largest absolute Gasteiger partial charge is 0.0807 e. The summed E-state index contributed by atoms with van der Waals surface area (Å²) >= 11 is 0. The number of hydrogen-bond acceptors (Lipinski definition) is 0. The molecular formula is C12H18. The summed E-state index contributed by atoms with van der Waals surface area (Å²) in [6, 6.07) is 0. The van der Waals surface area contributed by atoms with Crippen molar-refractivity contribution in [1.29, 1.82) is 0 Å². The second-order valence-corrected chi connectivity index (χ2v) is 3.19. The molecular weight excluding hydrogens is 144 g/mol. The molecule has 1 aliphatic rings. The molecule has 0 aromatic rings. The average molecular weight is 162 g/mol. The van der Waals surface area contributed by atoms with Gasteiger partial charge in [-0.1, -0.05) is 44.6 Å². The van der Waals surface area contributed by atoms with Crippen molar-refractivity contribution in [2.24, 2.45) is 0 Å². The predicted octanol–water partition coefficient (Wildman–Crippen LogP) is 4.01. The van der Waals surface area contributed by atoms with Gasteiger partial charge in [-0.05, 0) is 30.4 Å². The molecule has 1 aliphatic carbocycles. The van der Waals surface area contributed by atoms with E-state index in [0.29, 0.717) is 0 Å². The van der Waals surface area contributed by atoms with E-state index in [2.05, 4.69) is 38.2 Å². The van der Waals surface area contributed by atoms with Crippen LogP contribution in [0.1, 0.15) is 39.5 Å². The lowest BCUT2D eigenvalue weighted by Gasteiger charge is -2.07. The van der Waals surface area contributed by atoms with Crippen molar-refractivity contribution in [3.05, 3.63) is 35.5 Å². The second kappa shape index (κ2) is 4.97. The maximum Gasteiger partial charge on any atom is -0.0160 e. The molecule has 66 valence electrons. The quantitative estimate of drug-likeness (QED) is 0.588. The van der Waals surface area contributed by atoms with Gasteiger partial charge in [-0.15, -0.1) is 0 Å². The van der Waals surface area contributed by atoms with E-state index < -0.39 is 0 Å². The van der Waals surface area contributed by atoms with Crippen LogP contribution in [0.4, 0.5) is 0 Å². The molecule has 0 unspecified atom stereocenters. The first kappa shape index (κ1) is 9.31. The molecule has 0 fully saturated rings. The van der Waals surface area contributed by atoms with Gasteiger partial charge in [0.25, 0.3) is 0 Å². The zero-order valence-corrected chi connectivity index (χ0v) is 8.14. The number of rotatable bonds is 3. The van der Waals surface area contributed by atoms with Gasteiger partial charge in [0, 0.05) is 0 Å². The summed E-state index contributed by atoms with van der Waals surface area (Å²) in [6.07, 6.45) is 13.8. The monoisotopic (exact) mass is 162 g/mol. The molecule has 0 saturated heterocycles. The highest BCUT2D eigenvalue weighted by Crippen LogP contribution is 2.21. The van der Waals surface area contributed by atoms with Crippen LogP contribution in [0.3, 0.4) is 0 Å². The minimum atomic E-state index is 1.11. The molecule has 0 aliphatic heterocycles. The first-order chi connectivity index (χ1) is 5.88. The predicted molar refractivity (Wildman–Crippen MR) is 55.1 cm³/mol. The lowest BCUT2D eigenvalue weighted by atomic mass is 9.99. The van der Waals surface area contributed by atoms with Crippen LogP contribution in [0.5, 0.6) is 0 Å². The van der Waals surface area contributed by atoms with E-state index in [-0.39, 0.29) is 0 Å². The smallest absolute Gasteiger partial charge is 0.0160 e. The van der Waals surface area contributed by atoms with Crippen molar-refractivity contribution in [2.75, 3.05) is 0 Å². The SMILES string of the molecule is CCCC1=CCC=CC=C1CC. The van der Waals surface area contributed by atoms with Crippen LogP contribution in [0.25, 0.3) is 0 Å².